The number of aromatic nitrogens is 2. The first kappa shape index (κ1) is 12.4. The molecule has 0 fully saturated rings. The highest BCUT2D eigenvalue weighted by Crippen LogP contribution is 2.31. The molecule has 6 heteroatoms. The molecule has 0 aliphatic heterocycles. The lowest BCUT2D eigenvalue weighted by Gasteiger charge is -2.16. The summed E-state index contributed by atoms with van der Waals surface area (Å²) in [7, 11) is 0. The Morgan fingerprint density at radius 3 is 2.71 bits per heavy atom. The molecule has 0 bridgehead atoms. The molecule has 0 aliphatic carbocycles. The van der Waals surface area contributed by atoms with Crippen LogP contribution in [0, 0.1) is 13.8 Å². The fourth-order valence-electron chi connectivity index (χ4n) is 1.67. The van der Waals surface area contributed by atoms with E-state index in [1.54, 1.807) is 0 Å². The van der Waals surface area contributed by atoms with Crippen LogP contribution in [0.5, 0.6) is 0 Å². The van der Waals surface area contributed by atoms with Gasteiger partial charge in [0, 0.05) is 10.4 Å². The Kier molecular flexibility index (Phi) is 3.73. The Balaban J connectivity index is 2.45. The molecule has 1 unspecified atom stereocenters. The monoisotopic (exact) mass is 268 g/mol. The van der Waals surface area contributed by atoms with E-state index in [1.807, 2.05) is 32.0 Å². The normalized spacial score (nSPS) is 12.7. The van der Waals surface area contributed by atoms with Gasteiger partial charge in [-0.15, -0.1) is 11.3 Å². The molecule has 4 nitrogen and oxygen atoms in total. The minimum absolute atomic E-state index is 0.0956. The molecule has 3 N–H and O–H groups in total. The zero-order valence-electron chi connectivity index (χ0n) is 9.57. The van der Waals surface area contributed by atoms with Gasteiger partial charge in [-0.3, -0.25) is 5.84 Å². The zero-order chi connectivity index (χ0) is 12.4. The van der Waals surface area contributed by atoms with Gasteiger partial charge in [0.25, 0.3) is 0 Å². The van der Waals surface area contributed by atoms with Gasteiger partial charge in [-0.2, -0.15) is 10.2 Å². The van der Waals surface area contributed by atoms with E-state index in [0.717, 1.165) is 26.2 Å². The maximum Gasteiger partial charge on any atom is 0.0931 e. The molecule has 17 heavy (non-hydrogen) atoms. The topological polar surface area (TPSA) is 63.8 Å². The van der Waals surface area contributed by atoms with Crippen molar-refractivity contribution in [2.45, 2.75) is 19.9 Å². The molecule has 0 aromatic carbocycles. The lowest BCUT2D eigenvalue weighted by Crippen LogP contribution is -2.29. The van der Waals surface area contributed by atoms with Crippen LogP contribution in [0.3, 0.4) is 0 Å². The highest BCUT2D eigenvalue weighted by Gasteiger charge is 2.17. The van der Waals surface area contributed by atoms with Crippen molar-refractivity contribution < 1.29 is 0 Å². The molecular weight excluding hydrogens is 256 g/mol. The van der Waals surface area contributed by atoms with Crippen LogP contribution in [-0.2, 0) is 0 Å². The summed E-state index contributed by atoms with van der Waals surface area (Å²) in [5.74, 6) is 5.63. The number of rotatable bonds is 3. The van der Waals surface area contributed by atoms with E-state index in [0.29, 0.717) is 0 Å². The molecule has 1 atom stereocenters. The molecule has 0 spiro atoms. The molecule has 2 heterocycles. The zero-order valence-corrected chi connectivity index (χ0v) is 11.1. The summed E-state index contributed by atoms with van der Waals surface area (Å²) >= 11 is 7.45. The third kappa shape index (κ3) is 2.63. The number of halogens is 1. The Labute approximate surface area is 109 Å². The highest BCUT2D eigenvalue weighted by atomic mass is 35.5. The number of thiophene rings is 1. The first-order valence-corrected chi connectivity index (χ1v) is 6.33. The Bertz CT molecular complexity index is 526. The van der Waals surface area contributed by atoms with E-state index in [-0.39, 0.29) is 6.04 Å². The second-order valence-corrected chi connectivity index (χ2v) is 5.51. The van der Waals surface area contributed by atoms with Gasteiger partial charge in [-0.05, 0) is 32.0 Å². The van der Waals surface area contributed by atoms with Gasteiger partial charge in [-0.25, -0.2) is 5.43 Å². The van der Waals surface area contributed by atoms with Crippen molar-refractivity contribution in [2.24, 2.45) is 5.84 Å². The van der Waals surface area contributed by atoms with Gasteiger partial charge >= 0.3 is 0 Å². The van der Waals surface area contributed by atoms with E-state index in [4.69, 9.17) is 17.4 Å². The van der Waals surface area contributed by atoms with Crippen LogP contribution < -0.4 is 11.3 Å². The van der Waals surface area contributed by atoms with Crippen LogP contribution in [0.4, 0.5) is 0 Å². The standard InChI is InChI=1S/C11H13ClN4S/c1-6-5-8(7(2)16-15-6)11(14-13)9-3-4-10(12)17-9/h3-5,11,14H,13H2,1-2H3. The minimum atomic E-state index is -0.0956. The number of hydrogen-bond donors (Lipinski definition) is 2. The molecule has 0 amide bonds. The Morgan fingerprint density at radius 1 is 1.35 bits per heavy atom. The van der Waals surface area contributed by atoms with Crippen LogP contribution in [0.25, 0.3) is 0 Å². The molecule has 0 saturated carbocycles. The molecule has 0 saturated heterocycles. The first-order valence-electron chi connectivity index (χ1n) is 5.14. The van der Waals surface area contributed by atoms with Gasteiger partial charge in [-0.1, -0.05) is 11.6 Å². The summed E-state index contributed by atoms with van der Waals surface area (Å²) in [4.78, 5) is 1.06. The molecule has 2 aromatic heterocycles. The summed E-state index contributed by atoms with van der Waals surface area (Å²) in [6, 6.07) is 5.72. The number of nitrogens with two attached hydrogens (primary N) is 1. The van der Waals surface area contributed by atoms with Crippen LogP contribution in [0.15, 0.2) is 18.2 Å². The maximum atomic E-state index is 5.94. The average molecular weight is 269 g/mol. The number of nitrogens with zero attached hydrogens (tertiary/aromatic N) is 2. The number of hydrogen-bond acceptors (Lipinski definition) is 5. The third-order valence-corrected chi connectivity index (χ3v) is 3.79. The quantitative estimate of drug-likeness (QED) is 0.663. The second kappa shape index (κ2) is 5.10. The SMILES string of the molecule is Cc1cc(C(NN)c2ccc(Cl)s2)c(C)nn1. The third-order valence-electron chi connectivity index (χ3n) is 2.50. The van der Waals surface area contributed by atoms with E-state index < -0.39 is 0 Å². The van der Waals surface area contributed by atoms with Crippen molar-refractivity contribution in [3.63, 3.8) is 0 Å². The Hall–Kier alpha value is -1.01. The van der Waals surface area contributed by atoms with E-state index in [1.165, 1.54) is 11.3 Å². The predicted molar refractivity (Wildman–Crippen MR) is 70.0 cm³/mol. The van der Waals surface area contributed by atoms with Gasteiger partial charge in [0.1, 0.15) is 0 Å². The molecule has 2 aromatic rings. The van der Waals surface area contributed by atoms with Gasteiger partial charge in [0.05, 0.1) is 21.8 Å². The van der Waals surface area contributed by atoms with Crippen molar-refractivity contribution in [2.75, 3.05) is 0 Å². The van der Waals surface area contributed by atoms with Crippen LogP contribution in [-0.4, -0.2) is 10.2 Å². The van der Waals surface area contributed by atoms with E-state index in [2.05, 4.69) is 15.6 Å². The summed E-state index contributed by atoms with van der Waals surface area (Å²) in [6.45, 7) is 3.83. The van der Waals surface area contributed by atoms with Crippen molar-refractivity contribution >= 4 is 22.9 Å². The molecule has 0 radical (unpaired) electrons. The second-order valence-electron chi connectivity index (χ2n) is 3.77. The van der Waals surface area contributed by atoms with Crippen molar-refractivity contribution in [3.8, 4) is 0 Å². The highest BCUT2D eigenvalue weighted by molar-refractivity contribution is 7.16. The lowest BCUT2D eigenvalue weighted by molar-refractivity contribution is 0.635. The fourth-order valence-corrected chi connectivity index (χ4v) is 2.81. The summed E-state index contributed by atoms with van der Waals surface area (Å²) in [5, 5.41) is 8.12. The molecule has 90 valence electrons. The van der Waals surface area contributed by atoms with Crippen LogP contribution >= 0.6 is 22.9 Å². The van der Waals surface area contributed by atoms with Crippen LogP contribution in [0.1, 0.15) is 27.9 Å². The van der Waals surface area contributed by atoms with Crippen molar-refractivity contribution in [3.05, 3.63) is 44.4 Å². The summed E-state index contributed by atoms with van der Waals surface area (Å²) < 4.78 is 0.747. The number of aryl methyl sites for hydroxylation is 2. The Morgan fingerprint density at radius 2 is 2.12 bits per heavy atom. The average Bonchev–Trinajstić information content (AvgIpc) is 2.71. The molecule has 0 aliphatic rings. The van der Waals surface area contributed by atoms with Gasteiger partial charge < -0.3 is 0 Å². The van der Waals surface area contributed by atoms with Crippen molar-refractivity contribution in [1.29, 1.82) is 0 Å². The van der Waals surface area contributed by atoms with Crippen LogP contribution in [0.2, 0.25) is 4.34 Å². The lowest BCUT2D eigenvalue weighted by atomic mass is 10.0. The smallest absolute Gasteiger partial charge is 0.0931 e. The first-order chi connectivity index (χ1) is 8.11. The summed E-state index contributed by atoms with van der Waals surface area (Å²) in [5.41, 5.74) is 5.56. The molecular formula is C11H13ClN4S. The minimum Gasteiger partial charge on any atom is -0.271 e. The fraction of sp³-hybridized carbons (Fsp3) is 0.273. The predicted octanol–water partition coefficient (Wildman–Crippen LogP) is 2.36. The largest absolute Gasteiger partial charge is 0.271 e. The number of hydrazine groups is 1. The van der Waals surface area contributed by atoms with Gasteiger partial charge in [0.2, 0.25) is 0 Å². The number of nitrogens with one attached hydrogen (secondary N) is 1. The van der Waals surface area contributed by atoms with E-state index >= 15 is 0 Å². The summed E-state index contributed by atoms with van der Waals surface area (Å²) in [6.07, 6.45) is 0. The van der Waals surface area contributed by atoms with E-state index in [9.17, 15) is 0 Å². The molecule has 2 rings (SSSR count). The maximum absolute atomic E-state index is 5.94. The van der Waals surface area contributed by atoms with Crippen molar-refractivity contribution in [1.82, 2.24) is 15.6 Å². The van der Waals surface area contributed by atoms with Gasteiger partial charge in [0.15, 0.2) is 0 Å².